The predicted octanol–water partition coefficient (Wildman–Crippen LogP) is 3.58. The van der Waals surface area contributed by atoms with Gasteiger partial charge in [0, 0.05) is 5.33 Å². The van der Waals surface area contributed by atoms with Gasteiger partial charge in [-0.1, -0.05) is 41.4 Å². The normalized spacial score (nSPS) is 10.1. The van der Waals surface area contributed by atoms with Gasteiger partial charge in [0.15, 0.2) is 0 Å². The van der Waals surface area contributed by atoms with Gasteiger partial charge in [-0.25, -0.2) is 4.79 Å². The predicted molar refractivity (Wildman–Crippen MR) is 69.1 cm³/mol. The van der Waals surface area contributed by atoms with E-state index in [0.717, 1.165) is 24.6 Å². The zero-order valence-electron chi connectivity index (χ0n) is 9.54. The number of ether oxygens (including phenoxy) is 1. The molecule has 0 saturated carbocycles. The minimum atomic E-state index is -0.223. The van der Waals surface area contributed by atoms with Crippen LogP contribution in [0.25, 0.3) is 0 Å². The average Bonchev–Trinajstić information content (AvgIpc) is 2.30. The molecule has 0 saturated heterocycles. The lowest BCUT2D eigenvalue weighted by Crippen LogP contribution is -2.06. The Morgan fingerprint density at radius 3 is 2.56 bits per heavy atom. The minimum Gasteiger partial charge on any atom is -0.462 e. The third kappa shape index (κ3) is 4.35. The van der Waals surface area contributed by atoms with Crippen molar-refractivity contribution in [3.05, 3.63) is 35.4 Å². The first-order valence-corrected chi connectivity index (χ1v) is 6.72. The first-order chi connectivity index (χ1) is 7.77. The van der Waals surface area contributed by atoms with Crippen molar-refractivity contribution in [2.24, 2.45) is 0 Å². The van der Waals surface area contributed by atoms with E-state index in [9.17, 15) is 4.79 Å². The molecule has 0 amide bonds. The van der Waals surface area contributed by atoms with Crippen LogP contribution >= 0.6 is 15.9 Å². The van der Waals surface area contributed by atoms with E-state index in [1.807, 2.05) is 24.3 Å². The number of carbonyl (C=O) groups is 1. The molecule has 0 aliphatic carbocycles. The average molecular weight is 285 g/mol. The summed E-state index contributed by atoms with van der Waals surface area (Å²) in [5, 5.41) is 0.938. The van der Waals surface area contributed by atoms with Crippen LogP contribution in [0.1, 0.15) is 35.7 Å². The molecule has 2 nitrogen and oxygen atoms in total. The third-order valence-electron chi connectivity index (χ3n) is 2.30. The summed E-state index contributed by atoms with van der Waals surface area (Å²) in [6.45, 7) is 2.58. The summed E-state index contributed by atoms with van der Waals surface area (Å²) >= 11 is 3.38. The molecule has 0 fully saturated rings. The SMILES string of the molecule is CCCCOC(=O)c1ccc(CCBr)cc1. The quantitative estimate of drug-likeness (QED) is 0.453. The molecule has 1 aromatic rings. The Bertz CT molecular complexity index is 319. The summed E-state index contributed by atoms with van der Waals surface area (Å²) in [5.41, 5.74) is 1.86. The number of hydrogen-bond donors (Lipinski definition) is 0. The van der Waals surface area contributed by atoms with E-state index in [0.29, 0.717) is 12.2 Å². The van der Waals surface area contributed by atoms with Crippen molar-refractivity contribution in [3.63, 3.8) is 0 Å². The van der Waals surface area contributed by atoms with Crippen molar-refractivity contribution in [2.75, 3.05) is 11.9 Å². The summed E-state index contributed by atoms with van der Waals surface area (Å²) in [7, 11) is 0. The highest BCUT2D eigenvalue weighted by Crippen LogP contribution is 2.08. The molecule has 0 aromatic heterocycles. The van der Waals surface area contributed by atoms with Crippen molar-refractivity contribution in [1.29, 1.82) is 0 Å². The standard InChI is InChI=1S/C13H17BrO2/c1-2-3-10-16-13(15)12-6-4-11(5-7-12)8-9-14/h4-7H,2-3,8-10H2,1H3. The molecule has 0 radical (unpaired) electrons. The molecule has 0 atom stereocenters. The number of halogens is 1. The van der Waals surface area contributed by atoms with Gasteiger partial charge in [-0.2, -0.15) is 0 Å². The third-order valence-corrected chi connectivity index (χ3v) is 2.70. The Balaban J connectivity index is 2.49. The van der Waals surface area contributed by atoms with Crippen LogP contribution in [0.15, 0.2) is 24.3 Å². The Morgan fingerprint density at radius 2 is 2.00 bits per heavy atom. The van der Waals surface area contributed by atoms with E-state index in [2.05, 4.69) is 22.9 Å². The number of rotatable bonds is 6. The van der Waals surface area contributed by atoms with Crippen LogP contribution in [0.5, 0.6) is 0 Å². The van der Waals surface area contributed by atoms with Gasteiger partial charge in [0.1, 0.15) is 0 Å². The summed E-state index contributed by atoms with van der Waals surface area (Å²) in [6.07, 6.45) is 2.94. The second-order valence-corrected chi connectivity index (χ2v) is 4.42. The fourth-order valence-corrected chi connectivity index (χ4v) is 1.77. The second kappa shape index (κ2) is 7.44. The molecular weight excluding hydrogens is 268 g/mol. The van der Waals surface area contributed by atoms with Crippen molar-refractivity contribution in [3.8, 4) is 0 Å². The highest BCUT2D eigenvalue weighted by Gasteiger charge is 2.05. The lowest BCUT2D eigenvalue weighted by Gasteiger charge is -2.04. The highest BCUT2D eigenvalue weighted by molar-refractivity contribution is 9.09. The van der Waals surface area contributed by atoms with Gasteiger partial charge in [-0.05, 0) is 30.5 Å². The fourth-order valence-electron chi connectivity index (χ4n) is 1.31. The van der Waals surface area contributed by atoms with Crippen LogP contribution in [0, 0.1) is 0 Å². The molecular formula is C13H17BrO2. The van der Waals surface area contributed by atoms with Gasteiger partial charge < -0.3 is 4.74 Å². The molecule has 0 unspecified atom stereocenters. The molecule has 1 aromatic carbocycles. The summed E-state index contributed by atoms with van der Waals surface area (Å²) < 4.78 is 5.12. The summed E-state index contributed by atoms with van der Waals surface area (Å²) in [6, 6.07) is 7.59. The molecule has 0 aliphatic rings. The second-order valence-electron chi connectivity index (χ2n) is 3.63. The van der Waals surface area contributed by atoms with Crippen LogP contribution in [0.4, 0.5) is 0 Å². The van der Waals surface area contributed by atoms with Gasteiger partial charge in [0.2, 0.25) is 0 Å². The summed E-state index contributed by atoms with van der Waals surface area (Å²) in [5.74, 6) is -0.223. The number of hydrogen-bond acceptors (Lipinski definition) is 2. The van der Waals surface area contributed by atoms with E-state index in [-0.39, 0.29) is 5.97 Å². The fraction of sp³-hybridized carbons (Fsp3) is 0.462. The lowest BCUT2D eigenvalue weighted by molar-refractivity contribution is 0.0500. The zero-order valence-corrected chi connectivity index (χ0v) is 11.1. The largest absolute Gasteiger partial charge is 0.462 e. The maximum atomic E-state index is 11.6. The Labute approximate surface area is 105 Å². The Kier molecular flexibility index (Phi) is 6.16. The monoisotopic (exact) mass is 284 g/mol. The van der Waals surface area contributed by atoms with Crippen LogP contribution in [0.3, 0.4) is 0 Å². The van der Waals surface area contributed by atoms with Crippen molar-refractivity contribution in [1.82, 2.24) is 0 Å². The first-order valence-electron chi connectivity index (χ1n) is 5.60. The maximum Gasteiger partial charge on any atom is 0.338 e. The van der Waals surface area contributed by atoms with E-state index >= 15 is 0 Å². The molecule has 0 bridgehead atoms. The zero-order chi connectivity index (χ0) is 11.8. The van der Waals surface area contributed by atoms with Crippen LogP contribution in [-0.2, 0) is 11.2 Å². The van der Waals surface area contributed by atoms with Gasteiger partial charge in [0.25, 0.3) is 0 Å². The first kappa shape index (κ1) is 13.2. The van der Waals surface area contributed by atoms with Crippen LogP contribution in [0.2, 0.25) is 0 Å². The molecule has 3 heteroatoms. The molecule has 0 heterocycles. The van der Waals surface area contributed by atoms with Gasteiger partial charge >= 0.3 is 5.97 Å². The topological polar surface area (TPSA) is 26.3 Å². The Hall–Kier alpha value is -0.830. The molecule has 16 heavy (non-hydrogen) atoms. The number of aryl methyl sites for hydroxylation is 1. The smallest absolute Gasteiger partial charge is 0.338 e. The number of carbonyl (C=O) groups excluding carboxylic acids is 1. The molecule has 0 aliphatic heterocycles. The van der Waals surface area contributed by atoms with E-state index in [1.165, 1.54) is 5.56 Å². The minimum absolute atomic E-state index is 0.223. The Morgan fingerprint density at radius 1 is 1.31 bits per heavy atom. The van der Waals surface area contributed by atoms with Crippen molar-refractivity contribution in [2.45, 2.75) is 26.2 Å². The van der Waals surface area contributed by atoms with E-state index in [1.54, 1.807) is 0 Å². The highest BCUT2D eigenvalue weighted by atomic mass is 79.9. The summed E-state index contributed by atoms with van der Waals surface area (Å²) in [4.78, 5) is 11.6. The maximum absolute atomic E-state index is 11.6. The number of unbranched alkanes of at least 4 members (excludes halogenated alkanes) is 1. The van der Waals surface area contributed by atoms with E-state index in [4.69, 9.17) is 4.74 Å². The number of esters is 1. The van der Waals surface area contributed by atoms with Crippen molar-refractivity contribution < 1.29 is 9.53 Å². The molecule has 0 spiro atoms. The van der Waals surface area contributed by atoms with E-state index < -0.39 is 0 Å². The van der Waals surface area contributed by atoms with Crippen molar-refractivity contribution >= 4 is 21.9 Å². The lowest BCUT2D eigenvalue weighted by atomic mass is 10.1. The van der Waals surface area contributed by atoms with Gasteiger partial charge in [-0.15, -0.1) is 0 Å². The molecule has 1 rings (SSSR count). The van der Waals surface area contributed by atoms with Crippen LogP contribution in [-0.4, -0.2) is 17.9 Å². The molecule has 0 N–H and O–H groups in total. The number of alkyl halides is 1. The molecule has 88 valence electrons. The number of benzene rings is 1. The van der Waals surface area contributed by atoms with Gasteiger partial charge in [0.05, 0.1) is 12.2 Å². The van der Waals surface area contributed by atoms with Crippen LogP contribution < -0.4 is 0 Å². The van der Waals surface area contributed by atoms with Gasteiger partial charge in [-0.3, -0.25) is 0 Å².